The standard InChI is InChI=1S/C17H29N3O3/c1-6-8-13(3)16(20(22)23)11-10-14(4)17(19-18-5)15(12-21)9-7-2/h8,10-11,18-19,21H,6-7,9,12H2,1-5H3/b13-8+,14-10+,16-11+,17-15+. The first-order valence-corrected chi connectivity index (χ1v) is 7.88. The predicted octanol–water partition coefficient (Wildman–Crippen LogP) is 3.22. The Kier molecular flexibility index (Phi) is 10.7. The van der Waals surface area contributed by atoms with Crippen LogP contribution in [0.25, 0.3) is 0 Å². The molecule has 0 heterocycles. The zero-order valence-corrected chi connectivity index (χ0v) is 14.8. The first-order valence-electron chi connectivity index (χ1n) is 7.88. The minimum absolute atomic E-state index is 0.0520. The Morgan fingerprint density at radius 1 is 1.22 bits per heavy atom. The molecule has 0 unspecified atom stereocenters. The van der Waals surface area contributed by atoms with E-state index >= 15 is 0 Å². The molecule has 0 aliphatic heterocycles. The summed E-state index contributed by atoms with van der Waals surface area (Å²) >= 11 is 0. The molecule has 3 N–H and O–H groups in total. The Labute approximate surface area is 138 Å². The molecule has 0 fully saturated rings. The van der Waals surface area contributed by atoms with E-state index in [0.717, 1.165) is 36.1 Å². The zero-order valence-electron chi connectivity index (χ0n) is 14.8. The predicted molar refractivity (Wildman–Crippen MR) is 94.1 cm³/mol. The van der Waals surface area contributed by atoms with Gasteiger partial charge in [-0.2, -0.15) is 0 Å². The van der Waals surface area contributed by atoms with E-state index in [2.05, 4.69) is 10.9 Å². The van der Waals surface area contributed by atoms with Crippen molar-refractivity contribution in [3.63, 3.8) is 0 Å². The topological polar surface area (TPSA) is 87.4 Å². The van der Waals surface area contributed by atoms with Crippen LogP contribution >= 0.6 is 0 Å². The quantitative estimate of drug-likeness (QED) is 0.326. The molecule has 130 valence electrons. The van der Waals surface area contributed by atoms with Gasteiger partial charge in [-0.25, -0.2) is 5.43 Å². The highest BCUT2D eigenvalue weighted by molar-refractivity contribution is 5.37. The van der Waals surface area contributed by atoms with Gasteiger partial charge in [-0.3, -0.25) is 10.1 Å². The van der Waals surface area contributed by atoms with Crippen molar-refractivity contribution in [2.75, 3.05) is 13.7 Å². The number of allylic oxidation sites excluding steroid dienone is 5. The van der Waals surface area contributed by atoms with Gasteiger partial charge >= 0.3 is 0 Å². The van der Waals surface area contributed by atoms with E-state index in [1.807, 2.05) is 26.8 Å². The molecule has 23 heavy (non-hydrogen) atoms. The average molecular weight is 323 g/mol. The highest BCUT2D eigenvalue weighted by Gasteiger charge is 2.12. The molecule has 0 rings (SSSR count). The van der Waals surface area contributed by atoms with Gasteiger partial charge in [-0.1, -0.05) is 32.4 Å². The van der Waals surface area contributed by atoms with Crippen LogP contribution in [0.4, 0.5) is 0 Å². The second-order valence-corrected chi connectivity index (χ2v) is 5.22. The Bertz CT molecular complexity index is 517. The largest absolute Gasteiger partial charge is 0.392 e. The monoisotopic (exact) mass is 323 g/mol. The van der Waals surface area contributed by atoms with Crippen molar-refractivity contribution in [3.8, 4) is 0 Å². The number of nitrogens with zero attached hydrogens (tertiary/aromatic N) is 1. The summed E-state index contributed by atoms with van der Waals surface area (Å²) in [5.41, 5.74) is 9.04. The summed E-state index contributed by atoms with van der Waals surface area (Å²) < 4.78 is 0. The number of hydrazine groups is 1. The van der Waals surface area contributed by atoms with Gasteiger partial charge in [-0.05, 0) is 37.8 Å². The van der Waals surface area contributed by atoms with Crippen LogP contribution in [-0.4, -0.2) is 23.7 Å². The molecule has 0 aromatic rings. The van der Waals surface area contributed by atoms with Gasteiger partial charge < -0.3 is 10.5 Å². The number of hydrogen-bond donors (Lipinski definition) is 3. The van der Waals surface area contributed by atoms with Crippen LogP contribution in [0.15, 0.2) is 46.3 Å². The van der Waals surface area contributed by atoms with Gasteiger partial charge in [0.1, 0.15) is 0 Å². The molecule has 0 aliphatic carbocycles. The van der Waals surface area contributed by atoms with Gasteiger partial charge in [0.2, 0.25) is 0 Å². The van der Waals surface area contributed by atoms with E-state index in [1.165, 1.54) is 6.08 Å². The van der Waals surface area contributed by atoms with Crippen LogP contribution in [-0.2, 0) is 0 Å². The molecule has 0 aromatic heterocycles. The first kappa shape index (κ1) is 21.1. The lowest BCUT2D eigenvalue weighted by molar-refractivity contribution is -0.420. The fourth-order valence-electron chi connectivity index (χ4n) is 2.21. The number of nitro groups is 1. The summed E-state index contributed by atoms with van der Waals surface area (Å²) in [6.45, 7) is 7.52. The van der Waals surface area contributed by atoms with Crippen molar-refractivity contribution in [1.82, 2.24) is 10.9 Å². The molecule has 0 radical (unpaired) electrons. The molecular formula is C17H29N3O3. The van der Waals surface area contributed by atoms with Crippen LogP contribution in [0.5, 0.6) is 0 Å². The fraction of sp³-hybridized carbons (Fsp3) is 0.529. The van der Waals surface area contributed by atoms with Gasteiger partial charge in [0, 0.05) is 18.7 Å². The minimum atomic E-state index is -0.376. The molecule has 6 heteroatoms. The number of aliphatic hydroxyl groups excluding tert-OH is 1. The summed E-state index contributed by atoms with van der Waals surface area (Å²) in [4.78, 5) is 10.8. The lowest BCUT2D eigenvalue weighted by atomic mass is 10.0. The van der Waals surface area contributed by atoms with Crippen LogP contribution < -0.4 is 10.9 Å². The Morgan fingerprint density at radius 2 is 1.87 bits per heavy atom. The van der Waals surface area contributed by atoms with Crippen molar-refractivity contribution in [2.24, 2.45) is 0 Å². The summed E-state index contributed by atoms with van der Waals surface area (Å²) in [5, 5.41) is 20.7. The lowest BCUT2D eigenvalue weighted by Gasteiger charge is -2.15. The summed E-state index contributed by atoms with van der Waals surface area (Å²) in [5.74, 6) is 0. The number of hydrogen-bond acceptors (Lipinski definition) is 5. The van der Waals surface area contributed by atoms with Crippen LogP contribution in [0.1, 0.15) is 47.0 Å². The molecule has 0 aliphatic rings. The van der Waals surface area contributed by atoms with Gasteiger partial charge in [0.15, 0.2) is 0 Å². The molecule has 0 saturated heterocycles. The average Bonchev–Trinajstić information content (AvgIpc) is 2.50. The summed E-state index contributed by atoms with van der Waals surface area (Å²) in [7, 11) is 1.74. The van der Waals surface area contributed by atoms with Crippen molar-refractivity contribution >= 4 is 0 Å². The van der Waals surface area contributed by atoms with Crippen LogP contribution in [0.2, 0.25) is 0 Å². The zero-order chi connectivity index (χ0) is 17.8. The maximum atomic E-state index is 11.2. The molecular weight excluding hydrogens is 294 g/mol. The third kappa shape index (κ3) is 7.25. The summed E-state index contributed by atoms with van der Waals surface area (Å²) in [6, 6.07) is 0. The summed E-state index contributed by atoms with van der Waals surface area (Å²) in [6.07, 6.45) is 7.46. The molecule has 6 nitrogen and oxygen atoms in total. The van der Waals surface area contributed by atoms with Crippen LogP contribution in [0.3, 0.4) is 0 Å². The number of nitrogens with one attached hydrogen (secondary N) is 2. The number of aliphatic hydroxyl groups is 1. The van der Waals surface area contributed by atoms with Crippen molar-refractivity contribution < 1.29 is 10.0 Å². The van der Waals surface area contributed by atoms with Crippen molar-refractivity contribution in [3.05, 3.63) is 56.5 Å². The Hall–Kier alpha value is -1.92. The van der Waals surface area contributed by atoms with Gasteiger partial charge in [0.05, 0.1) is 17.2 Å². The maximum Gasteiger partial charge on any atom is 0.271 e. The first-order chi connectivity index (χ1) is 10.9. The fourth-order valence-corrected chi connectivity index (χ4v) is 2.21. The molecule has 0 saturated carbocycles. The van der Waals surface area contributed by atoms with Gasteiger partial charge in [0.25, 0.3) is 5.70 Å². The lowest BCUT2D eigenvalue weighted by Crippen LogP contribution is -2.29. The van der Waals surface area contributed by atoms with E-state index in [-0.39, 0.29) is 17.2 Å². The van der Waals surface area contributed by atoms with Crippen molar-refractivity contribution in [2.45, 2.75) is 47.0 Å². The van der Waals surface area contributed by atoms with E-state index in [9.17, 15) is 15.2 Å². The molecule has 0 amide bonds. The van der Waals surface area contributed by atoms with Gasteiger partial charge in [-0.15, -0.1) is 0 Å². The molecule has 0 aromatic carbocycles. The third-order valence-corrected chi connectivity index (χ3v) is 3.34. The van der Waals surface area contributed by atoms with E-state index in [0.29, 0.717) is 5.57 Å². The van der Waals surface area contributed by atoms with E-state index in [1.54, 1.807) is 20.0 Å². The smallest absolute Gasteiger partial charge is 0.271 e. The van der Waals surface area contributed by atoms with E-state index in [4.69, 9.17) is 0 Å². The maximum absolute atomic E-state index is 11.2. The Morgan fingerprint density at radius 3 is 2.30 bits per heavy atom. The molecule has 0 spiro atoms. The minimum Gasteiger partial charge on any atom is -0.392 e. The van der Waals surface area contributed by atoms with Crippen molar-refractivity contribution in [1.29, 1.82) is 0 Å². The highest BCUT2D eigenvalue weighted by Crippen LogP contribution is 2.17. The second-order valence-electron chi connectivity index (χ2n) is 5.22. The SMILES string of the molecule is CC/C=C(C)/C(=C\C=C(C)\C(NNC)=C(/CO)CCC)[N+](=O)[O-]. The van der Waals surface area contributed by atoms with E-state index < -0.39 is 0 Å². The second kappa shape index (κ2) is 11.6. The normalized spacial score (nSPS) is 14.6. The molecule has 0 bridgehead atoms. The number of rotatable bonds is 10. The molecule has 0 atom stereocenters. The third-order valence-electron chi connectivity index (χ3n) is 3.34. The Balaban J connectivity index is 5.77. The van der Waals surface area contributed by atoms with Crippen LogP contribution in [0, 0.1) is 10.1 Å². The highest BCUT2D eigenvalue weighted by atomic mass is 16.6.